The minimum absolute atomic E-state index is 0.0937. The van der Waals surface area contributed by atoms with E-state index in [2.05, 4.69) is 5.32 Å². The van der Waals surface area contributed by atoms with Gasteiger partial charge in [0, 0.05) is 11.3 Å². The lowest BCUT2D eigenvalue weighted by Crippen LogP contribution is -2.54. The second kappa shape index (κ2) is 5.16. The van der Waals surface area contributed by atoms with E-state index in [9.17, 15) is 9.59 Å². The highest BCUT2D eigenvalue weighted by Crippen LogP contribution is 2.29. The molecule has 2 atom stereocenters. The molecular formula is C11H20N2O3S. The first-order valence-corrected chi connectivity index (χ1v) is 6.78. The van der Waals surface area contributed by atoms with Gasteiger partial charge in [-0.2, -0.15) is 0 Å². The Hall–Kier alpha value is -0.910. The van der Waals surface area contributed by atoms with Crippen LogP contribution in [0.15, 0.2) is 0 Å². The SMILES string of the molecule is CCC(C)(C)NC(=O)N1C(C)SCC1C(=O)O. The van der Waals surface area contributed by atoms with Gasteiger partial charge in [0.1, 0.15) is 6.04 Å². The lowest BCUT2D eigenvalue weighted by molar-refractivity contribution is -0.141. The summed E-state index contributed by atoms with van der Waals surface area (Å²) in [5.74, 6) is -0.484. The monoisotopic (exact) mass is 260 g/mol. The van der Waals surface area contributed by atoms with Crippen LogP contribution in [-0.4, -0.2) is 44.7 Å². The van der Waals surface area contributed by atoms with Crippen molar-refractivity contribution in [2.75, 3.05) is 5.75 Å². The Morgan fingerprint density at radius 2 is 2.12 bits per heavy atom. The van der Waals surface area contributed by atoms with Crippen molar-refractivity contribution in [2.24, 2.45) is 0 Å². The predicted molar refractivity (Wildman–Crippen MR) is 68.1 cm³/mol. The topological polar surface area (TPSA) is 69.6 Å². The molecule has 2 unspecified atom stereocenters. The van der Waals surface area contributed by atoms with Crippen molar-refractivity contribution in [3.05, 3.63) is 0 Å². The standard InChI is InChI=1S/C11H20N2O3S/c1-5-11(3,4)12-10(16)13-7(2)17-6-8(13)9(14)15/h7-8H,5-6H2,1-4H3,(H,12,16)(H,14,15). The summed E-state index contributed by atoms with van der Waals surface area (Å²) in [6, 6.07) is -1.01. The fourth-order valence-electron chi connectivity index (χ4n) is 1.58. The van der Waals surface area contributed by atoms with Crippen molar-refractivity contribution >= 4 is 23.8 Å². The Morgan fingerprint density at radius 1 is 1.53 bits per heavy atom. The van der Waals surface area contributed by atoms with Crippen LogP contribution in [0, 0.1) is 0 Å². The molecule has 0 aromatic rings. The number of amides is 2. The summed E-state index contributed by atoms with van der Waals surface area (Å²) >= 11 is 1.49. The second-order valence-corrected chi connectivity index (χ2v) is 6.21. The van der Waals surface area contributed by atoms with Crippen LogP contribution < -0.4 is 5.32 Å². The third-order valence-electron chi connectivity index (χ3n) is 3.07. The molecule has 0 aromatic heterocycles. The number of thioether (sulfide) groups is 1. The van der Waals surface area contributed by atoms with Crippen molar-refractivity contribution in [3.8, 4) is 0 Å². The molecule has 1 aliphatic rings. The van der Waals surface area contributed by atoms with E-state index in [4.69, 9.17) is 5.11 Å². The molecule has 5 nitrogen and oxygen atoms in total. The highest BCUT2D eigenvalue weighted by atomic mass is 32.2. The van der Waals surface area contributed by atoms with Crippen LogP contribution in [0.5, 0.6) is 0 Å². The van der Waals surface area contributed by atoms with Gasteiger partial charge in [-0.3, -0.25) is 4.90 Å². The molecule has 0 aromatic carbocycles. The summed E-state index contributed by atoms with van der Waals surface area (Å²) in [6.07, 6.45) is 0.797. The van der Waals surface area contributed by atoms with Gasteiger partial charge in [-0.1, -0.05) is 6.92 Å². The van der Waals surface area contributed by atoms with Gasteiger partial charge in [0.15, 0.2) is 0 Å². The van der Waals surface area contributed by atoms with Crippen LogP contribution >= 0.6 is 11.8 Å². The molecule has 0 spiro atoms. The Bertz CT molecular complexity index is 320. The van der Waals surface area contributed by atoms with Crippen LogP contribution in [0.1, 0.15) is 34.1 Å². The zero-order valence-electron chi connectivity index (χ0n) is 10.7. The number of carboxylic acid groups (broad SMARTS) is 1. The van der Waals surface area contributed by atoms with E-state index >= 15 is 0 Å². The molecule has 1 saturated heterocycles. The number of nitrogens with zero attached hydrogens (tertiary/aromatic N) is 1. The van der Waals surface area contributed by atoms with Gasteiger partial charge in [-0.15, -0.1) is 11.8 Å². The van der Waals surface area contributed by atoms with Crippen LogP contribution in [0.2, 0.25) is 0 Å². The molecule has 1 aliphatic heterocycles. The summed E-state index contributed by atoms with van der Waals surface area (Å²) in [7, 11) is 0. The third-order valence-corrected chi connectivity index (χ3v) is 4.29. The van der Waals surface area contributed by atoms with Crippen LogP contribution in [0.25, 0.3) is 0 Å². The first kappa shape index (κ1) is 14.2. The maximum Gasteiger partial charge on any atom is 0.327 e. The first-order chi connectivity index (χ1) is 7.78. The lowest BCUT2D eigenvalue weighted by Gasteiger charge is -2.31. The Balaban J connectivity index is 2.76. The van der Waals surface area contributed by atoms with Gasteiger partial charge in [0.25, 0.3) is 0 Å². The maximum absolute atomic E-state index is 12.1. The molecular weight excluding hydrogens is 240 g/mol. The van der Waals surface area contributed by atoms with E-state index in [0.717, 1.165) is 6.42 Å². The number of nitrogens with one attached hydrogen (secondary N) is 1. The normalized spacial score (nSPS) is 24.8. The van der Waals surface area contributed by atoms with Crippen molar-refractivity contribution in [3.63, 3.8) is 0 Å². The molecule has 0 aliphatic carbocycles. The van der Waals surface area contributed by atoms with Crippen molar-refractivity contribution in [1.29, 1.82) is 0 Å². The molecule has 2 amide bonds. The molecule has 2 N–H and O–H groups in total. The van der Waals surface area contributed by atoms with Crippen molar-refractivity contribution in [2.45, 2.75) is 51.1 Å². The number of hydrogen-bond acceptors (Lipinski definition) is 3. The van der Waals surface area contributed by atoms with E-state index in [0.29, 0.717) is 5.75 Å². The number of rotatable bonds is 3. The van der Waals surface area contributed by atoms with E-state index < -0.39 is 12.0 Å². The summed E-state index contributed by atoms with van der Waals surface area (Å²) in [6.45, 7) is 7.69. The molecule has 0 saturated carbocycles. The summed E-state index contributed by atoms with van der Waals surface area (Å²) < 4.78 is 0. The molecule has 98 valence electrons. The fraction of sp³-hybridized carbons (Fsp3) is 0.818. The summed E-state index contributed by atoms with van der Waals surface area (Å²) in [5, 5.41) is 11.9. The van der Waals surface area contributed by atoms with Crippen LogP contribution in [0.3, 0.4) is 0 Å². The number of urea groups is 1. The molecule has 1 heterocycles. The fourth-order valence-corrected chi connectivity index (χ4v) is 2.75. The van der Waals surface area contributed by atoms with E-state index in [1.807, 2.05) is 27.7 Å². The number of carboxylic acids is 1. The predicted octanol–water partition coefficient (Wildman–Crippen LogP) is 1.73. The van der Waals surface area contributed by atoms with Gasteiger partial charge >= 0.3 is 12.0 Å². The summed E-state index contributed by atoms with van der Waals surface area (Å²) in [4.78, 5) is 24.6. The van der Waals surface area contributed by atoms with Crippen LogP contribution in [0.4, 0.5) is 4.79 Å². The van der Waals surface area contributed by atoms with E-state index in [1.165, 1.54) is 16.7 Å². The maximum atomic E-state index is 12.1. The highest BCUT2D eigenvalue weighted by molar-refractivity contribution is 8.00. The van der Waals surface area contributed by atoms with E-state index in [1.54, 1.807) is 0 Å². The van der Waals surface area contributed by atoms with Crippen molar-refractivity contribution < 1.29 is 14.7 Å². The summed E-state index contributed by atoms with van der Waals surface area (Å²) in [5.41, 5.74) is -0.312. The van der Waals surface area contributed by atoms with Gasteiger partial charge < -0.3 is 10.4 Å². The zero-order chi connectivity index (χ0) is 13.2. The number of carbonyl (C=O) groups excluding carboxylic acids is 1. The minimum atomic E-state index is -0.939. The number of aliphatic carboxylic acids is 1. The lowest BCUT2D eigenvalue weighted by atomic mass is 10.0. The first-order valence-electron chi connectivity index (χ1n) is 5.73. The minimum Gasteiger partial charge on any atom is -0.480 e. The third kappa shape index (κ3) is 3.28. The Labute approximate surface area is 106 Å². The van der Waals surface area contributed by atoms with Gasteiger partial charge in [0.05, 0.1) is 5.37 Å². The quantitative estimate of drug-likeness (QED) is 0.811. The van der Waals surface area contributed by atoms with Gasteiger partial charge in [-0.05, 0) is 27.2 Å². The highest BCUT2D eigenvalue weighted by Gasteiger charge is 2.40. The van der Waals surface area contributed by atoms with Gasteiger partial charge in [-0.25, -0.2) is 9.59 Å². The van der Waals surface area contributed by atoms with Crippen LogP contribution in [-0.2, 0) is 4.79 Å². The Kier molecular flexibility index (Phi) is 4.30. The second-order valence-electron chi connectivity index (χ2n) is 4.86. The number of hydrogen-bond donors (Lipinski definition) is 2. The molecule has 1 rings (SSSR count). The van der Waals surface area contributed by atoms with E-state index in [-0.39, 0.29) is 16.9 Å². The average Bonchev–Trinajstić information content (AvgIpc) is 2.59. The Morgan fingerprint density at radius 3 is 2.59 bits per heavy atom. The average molecular weight is 260 g/mol. The zero-order valence-corrected chi connectivity index (χ0v) is 11.5. The van der Waals surface area contributed by atoms with Crippen molar-refractivity contribution in [1.82, 2.24) is 10.2 Å². The number of carbonyl (C=O) groups is 2. The molecule has 17 heavy (non-hydrogen) atoms. The van der Waals surface area contributed by atoms with Gasteiger partial charge in [0.2, 0.25) is 0 Å². The largest absolute Gasteiger partial charge is 0.480 e. The molecule has 0 bridgehead atoms. The smallest absolute Gasteiger partial charge is 0.327 e. The molecule has 6 heteroatoms. The molecule has 0 radical (unpaired) electrons. The molecule has 1 fully saturated rings.